The Hall–Kier alpha value is -2.21. The Bertz CT molecular complexity index is 757. The molecule has 5 nitrogen and oxygen atoms in total. The van der Waals surface area contributed by atoms with Gasteiger partial charge < -0.3 is 14.7 Å². The lowest BCUT2D eigenvalue weighted by Gasteiger charge is -2.35. The first kappa shape index (κ1) is 20.5. The number of piperazine rings is 1. The molecule has 0 saturated carbocycles. The molecule has 28 heavy (non-hydrogen) atoms. The third kappa shape index (κ3) is 5.41. The second kappa shape index (κ2) is 9.82. The van der Waals surface area contributed by atoms with Gasteiger partial charge in [0.25, 0.3) is 0 Å². The fourth-order valence-electron chi connectivity index (χ4n) is 3.68. The molecule has 1 N–H and O–H groups in total. The Balaban J connectivity index is 1.59. The molecule has 1 heterocycles. The van der Waals surface area contributed by atoms with Crippen LogP contribution >= 0.6 is 0 Å². The summed E-state index contributed by atoms with van der Waals surface area (Å²) in [7, 11) is 0. The molecule has 2 atom stereocenters. The predicted molar refractivity (Wildman–Crippen MR) is 110 cm³/mol. The molecular weight excluding hydrogens is 352 g/mol. The maximum atomic E-state index is 11.4. The topological polar surface area (TPSA) is 53.0 Å². The van der Waals surface area contributed by atoms with Gasteiger partial charge in [0, 0.05) is 39.6 Å². The molecule has 1 aliphatic heterocycles. The number of β-amino-alcohol motifs (C(OH)–C–C–N with tert-alkyl or cyclic N) is 1. The minimum Gasteiger partial charge on any atom is -0.389 e. The van der Waals surface area contributed by atoms with Crippen molar-refractivity contribution < 1.29 is 14.6 Å². The number of aliphatic hydroxyl groups is 1. The number of amides is 1. The molecule has 150 valence electrons. The summed E-state index contributed by atoms with van der Waals surface area (Å²) in [5, 5.41) is 10.5. The van der Waals surface area contributed by atoms with Gasteiger partial charge in [-0.15, -0.1) is 0 Å². The van der Waals surface area contributed by atoms with Crippen molar-refractivity contribution in [1.82, 2.24) is 9.80 Å². The van der Waals surface area contributed by atoms with Crippen molar-refractivity contribution in [2.24, 2.45) is 0 Å². The summed E-state index contributed by atoms with van der Waals surface area (Å²) < 4.78 is 6.22. The van der Waals surface area contributed by atoms with E-state index in [9.17, 15) is 9.90 Å². The highest BCUT2D eigenvalue weighted by atomic mass is 16.5. The molecular formula is C23H30N2O3. The van der Waals surface area contributed by atoms with Crippen LogP contribution in [0.25, 0.3) is 0 Å². The van der Waals surface area contributed by atoms with E-state index in [1.165, 1.54) is 5.56 Å². The number of benzene rings is 2. The van der Waals surface area contributed by atoms with Gasteiger partial charge >= 0.3 is 0 Å². The summed E-state index contributed by atoms with van der Waals surface area (Å²) in [6, 6.07) is 18.3. The first-order valence-electron chi connectivity index (χ1n) is 9.92. The second-order valence-corrected chi connectivity index (χ2v) is 7.44. The lowest BCUT2D eigenvalue weighted by Crippen LogP contribution is -2.50. The third-order valence-electron chi connectivity index (χ3n) is 5.32. The van der Waals surface area contributed by atoms with Crippen LogP contribution in [0.4, 0.5) is 0 Å². The Kier molecular flexibility index (Phi) is 7.20. The van der Waals surface area contributed by atoms with Gasteiger partial charge in [-0.3, -0.25) is 9.69 Å². The zero-order valence-corrected chi connectivity index (χ0v) is 16.8. The molecule has 1 saturated heterocycles. The van der Waals surface area contributed by atoms with E-state index in [1.807, 2.05) is 35.2 Å². The van der Waals surface area contributed by atoms with E-state index in [-0.39, 0.29) is 18.6 Å². The van der Waals surface area contributed by atoms with Crippen LogP contribution in [0.1, 0.15) is 29.7 Å². The zero-order chi connectivity index (χ0) is 19.9. The average Bonchev–Trinajstić information content (AvgIpc) is 2.70. The van der Waals surface area contributed by atoms with E-state index in [0.717, 1.165) is 37.3 Å². The number of hydrogen-bond donors (Lipinski definition) is 1. The van der Waals surface area contributed by atoms with E-state index in [1.54, 1.807) is 6.92 Å². The van der Waals surface area contributed by atoms with E-state index >= 15 is 0 Å². The first-order chi connectivity index (χ1) is 13.5. The lowest BCUT2D eigenvalue weighted by molar-refractivity contribution is -0.130. The molecule has 0 bridgehead atoms. The monoisotopic (exact) mass is 382 g/mol. The van der Waals surface area contributed by atoms with Gasteiger partial charge in [-0.2, -0.15) is 0 Å². The highest BCUT2D eigenvalue weighted by molar-refractivity contribution is 5.73. The second-order valence-electron chi connectivity index (χ2n) is 7.44. The number of ether oxygens (including phenoxy) is 1. The summed E-state index contributed by atoms with van der Waals surface area (Å²) in [4.78, 5) is 15.5. The summed E-state index contributed by atoms with van der Waals surface area (Å²) in [5.74, 6) is 0.118. The van der Waals surface area contributed by atoms with Crippen LogP contribution < -0.4 is 0 Å². The normalized spacial score (nSPS) is 17.3. The third-order valence-corrected chi connectivity index (χ3v) is 5.32. The van der Waals surface area contributed by atoms with E-state index < -0.39 is 6.10 Å². The van der Waals surface area contributed by atoms with E-state index in [4.69, 9.17) is 4.74 Å². The van der Waals surface area contributed by atoms with Gasteiger partial charge in [-0.25, -0.2) is 0 Å². The van der Waals surface area contributed by atoms with E-state index in [0.29, 0.717) is 6.54 Å². The molecule has 1 fully saturated rings. The number of nitrogens with zero attached hydrogens (tertiary/aromatic N) is 2. The Morgan fingerprint density at radius 2 is 1.68 bits per heavy atom. The Morgan fingerprint density at radius 1 is 1.04 bits per heavy atom. The quantitative estimate of drug-likeness (QED) is 0.800. The van der Waals surface area contributed by atoms with Gasteiger partial charge in [0.05, 0.1) is 12.7 Å². The largest absolute Gasteiger partial charge is 0.389 e. The fraction of sp³-hybridized carbons (Fsp3) is 0.435. The fourth-order valence-corrected chi connectivity index (χ4v) is 3.68. The van der Waals surface area contributed by atoms with Crippen molar-refractivity contribution in [3.05, 3.63) is 71.3 Å². The van der Waals surface area contributed by atoms with Gasteiger partial charge in [-0.1, -0.05) is 54.6 Å². The molecule has 3 rings (SSSR count). The minimum absolute atomic E-state index is 0.118. The van der Waals surface area contributed by atoms with Crippen molar-refractivity contribution in [1.29, 1.82) is 0 Å². The molecule has 0 spiro atoms. The molecule has 0 unspecified atom stereocenters. The van der Waals surface area contributed by atoms with Gasteiger partial charge in [-0.05, 0) is 23.6 Å². The minimum atomic E-state index is -0.570. The summed E-state index contributed by atoms with van der Waals surface area (Å²) >= 11 is 0. The summed E-state index contributed by atoms with van der Waals surface area (Å²) in [6.45, 7) is 7.53. The van der Waals surface area contributed by atoms with Crippen LogP contribution in [0.3, 0.4) is 0 Å². The van der Waals surface area contributed by atoms with Crippen molar-refractivity contribution in [3.63, 3.8) is 0 Å². The number of carbonyl (C=O) groups excluding carboxylic acids is 1. The standard InChI is InChI=1S/C23H30N2O3/c1-18-8-6-7-11-22(18)23(20-9-4-3-5-10-20)28-17-21(27)16-24-12-14-25(15-13-24)19(2)26/h3-11,21,23,27H,12-17H2,1-2H3/t21-,23-/m0/s1. The van der Waals surface area contributed by atoms with Crippen molar-refractivity contribution in [2.75, 3.05) is 39.3 Å². The number of hydrogen-bond acceptors (Lipinski definition) is 4. The van der Waals surface area contributed by atoms with Gasteiger partial charge in [0.1, 0.15) is 6.10 Å². The smallest absolute Gasteiger partial charge is 0.219 e. The van der Waals surface area contributed by atoms with Crippen molar-refractivity contribution in [2.45, 2.75) is 26.1 Å². The van der Waals surface area contributed by atoms with Crippen LogP contribution in [0.15, 0.2) is 54.6 Å². The molecule has 1 amide bonds. The molecule has 1 aliphatic rings. The van der Waals surface area contributed by atoms with Crippen LogP contribution in [0.2, 0.25) is 0 Å². The van der Waals surface area contributed by atoms with Crippen molar-refractivity contribution >= 4 is 5.91 Å². The SMILES string of the molecule is CC(=O)N1CCN(C[C@H](O)CO[C@@H](c2ccccc2)c2ccccc2C)CC1. The Labute approximate surface area is 167 Å². The highest BCUT2D eigenvalue weighted by Gasteiger charge is 2.22. The molecule has 2 aromatic carbocycles. The number of aliphatic hydroxyl groups excluding tert-OH is 1. The first-order valence-corrected chi connectivity index (χ1v) is 9.92. The van der Waals surface area contributed by atoms with Crippen LogP contribution in [0.5, 0.6) is 0 Å². The van der Waals surface area contributed by atoms with Crippen LogP contribution in [0, 0.1) is 6.92 Å². The lowest BCUT2D eigenvalue weighted by atomic mass is 9.97. The van der Waals surface area contributed by atoms with Gasteiger partial charge in [0.15, 0.2) is 0 Å². The highest BCUT2D eigenvalue weighted by Crippen LogP contribution is 2.28. The van der Waals surface area contributed by atoms with Crippen molar-refractivity contribution in [3.8, 4) is 0 Å². The molecule has 0 radical (unpaired) electrons. The predicted octanol–water partition coefficient (Wildman–Crippen LogP) is 2.63. The Morgan fingerprint density at radius 3 is 2.32 bits per heavy atom. The average molecular weight is 383 g/mol. The van der Waals surface area contributed by atoms with Crippen LogP contribution in [-0.2, 0) is 9.53 Å². The number of carbonyl (C=O) groups is 1. The molecule has 5 heteroatoms. The molecule has 0 aliphatic carbocycles. The number of aryl methyl sites for hydroxylation is 1. The molecule has 2 aromatic rings. The van der Waals surface area contributed by atoms with E-state index in [2.05, 4.69) is 36.1 Å². The summed E-state index contributed by atoms with van der Waals surface area (Å²) in [6.07, 6.45) is -0.772. The summed E-state index contributed by atoms with van der Waals surface area (Å²) in [5.41, 5.74) is 3.38. The number of rotatable bonds is 7. The maximum absolute atomic E-state index is 11.4. The molecule has 0 aromatic heterocycles. The zero-order valence-electron chi connectivity index (χ0n) is 16.8. The maximum Gasteiger partial charge on any atom is 0.219 e. The van der Waals surface area contributed by atoms with Crippen LogP contribution in [-0.4, -0.2) is 66.2 Å². The van der Waals surface area contributed by atoms with Gasteiger partial charge in [0.2, 0.25) is 5.91 Å².